The van der Waals surface area contributed by atoms with E-state index in [-0.39, 0.29) is 11.6 Å². The zero-order valence-corrected chi connectivity index (χ0v) is 10.0. The fourth-order valence-corrected chi connectivity index (χ4v) is 1.89. The molecule has 18 heavy (non-hydrogen) atoms. The number of benzene rings is 1. The summed E-state index contributed by atoms with van der Waals surface area (Å²) in [6.45, 7) is 0.355. The molecule has 0 atom stereocenters. The van der Waals surface area contributed by atoms with Crippen LogP contribution in [0.25, 0.3) is 0 Å². The number of nitro benzene ring substituents is 1. The van der Waals surface area contributed by atoms with Crippen LogP contribution in [0.3, 0.4) is 0 Å². The number of carbonyl (C=O) groups is 1. The van der Waals surface area contributed by atoms with Crippen molar-refractivity contribution in [1.82, 2.24) is 10.3 Å². The average molecular weight is 263 g/mol. The van der Waals surface area contributed by atoms with Crippen molar-refractivity contribution in [2.45, 2.75) is 6.54 Å². The lowest BCUT2D eigenvalue weighted by Gasteiger charge is -2.02. The second-order valence-corrected chi connectivity index (χ2v) is 4.39. The Balaban J connectivity index is 1.98. The van der Waals surface area contributed by atoms with Crippen LogP contribution in [0.5, 0.6) is 0 Å². The molecule has 7 heteroatoms. The van der Waals surface area contributed by atoms with Crippen molar-refractivity contribution in [3.63, 3.8) is 0 Å². The quantitative estimate of drug-likeness (QED) is 0.675. The first-order chi connectivity index (χ1) is 8.66. The standard InChI is InChI=1S/C11H9N3O3S/c15-11(13-7-10-12-5-6-18-10)8-1-3-9(4-2-8)14(16)17/h1-6H,7H2,(H,13,15). The molecule has 0 aliphatic carbocycles. The van der Waals surface area contributed by atoms with Gasteiger partial charge in [0.25, 0.3) is 11.6 Å². The Kier molecular flexibility index (Phi) is 3.63. The Labute approximate surface area is 106 Å². The van der Waals surface area contributed by atoms with Gasteiger partial charge in [-0.25, -0.2) is 4.98 Å². The maximum absolute atomic E-state index is 11.7. The van der Waals surface area contributed by atoms with E-state index in [2.05, 4.69) is 10.3 Å². The molecule has 6 nitrogen and oxygen atoms in total. The van der Waals surface area contributed by atoms with Gasteiger partial charge in [-0.3, -0.25) is 14.9 Å². The third kappa shape index (κ3) is 2.89. The van der Waals surface area contributed by atoms with E-state index >= 15 is 0 Å². The largest absolute Gasteiger partial charge is 0.346 e. The lowest BCUT2D eigenvalue weighted by molar-refractivity contribution is -0.384. The van der Waals surface area contributed by atoms with Crippen molar-refractivity contribution in [3.8, 4) is 0 Å². The lowest BCUT2D eigenvalue weighted by atomic mass is 10.2. The molecule has 0 unspecified atom stereocenters. The van der Waals surface area contributed by atoms with Crippen molar-refractivity contribution in [2.24, 2.45) is 0 Å². The van der Waals surface area contributed by atoms with Crippen LogP contribution in [0.1, 0.15) is 15.4 Å². The summed E-state index contributed by atoms with van der Waals surface area (Å²) < 4.78 is 0. The monoisotopic (exact) mass is 263 g/mol. The molecule has 0 spiro atoms. The number of amides is 1. The highest BCUT2D eigenvalue weighted by atomic mass is 32.1. The molecule has 1 aromatic carbocycles. The maximum atomic E-state index is 11.7. The highest BCUT2D eigenvalue weighted by Crippen LogP contribution is 2.12. The van der Waals surface area contributed by atoms with Crippen molar-refractivity contribution in [2.75, 3.05) is 0 Å². The minimum Gasteiger partial charge on any atom is -0.346 e. The molecule has 1 N–H and O–H groups in total. The summed E-state index contributed by atoms with van der Waals surface area (Å²) in [6.07, 6.45) is 1.66. The van der Waals surface area contributed by atoms with Gasteiger partial charge in [-0.2, -0.15) is 0 Å². The van der Waals surface area contributed by atoms with Gasteiger partial charge in [0, 0.05) is 29.3 Å². The van der Waals surface area contributed by atoms with Gasteiger partial charge in [0.2, 0.25) is 0 Å². The zero-order valence-electron chi connectivity index (χ0n) is 9.20. The Morgan fingerprint density at radius 1 is 1.39 bits per heavy atom. The van der Waals surface area contributed by atoms with Crippen LogP contribution < -0.4 is 5.32 Å². The van der Waals surface area contributed by atoms with E-state index < -0.39 is 4.92 Å². The second-order valence-electron chi connectivity index (χ2n) is 3.41. The molecule has 1 amide bonds. The van der Waals surface area contributed by atoms with Crippen molar-refractivity contribution < 1.29 is 9.72 Å². The van der Waals surface area contributed by atoms with E-state index in [1.165, 1.54) is 35.6 Å². The fourth-order valence-electron chi connectivity index (χ4n) is 1.33. The summed E-state index contributed by atoms with van der Waals surface area (Å²) in [6, 6.07) is 5.46. The Bertz CT molecular complexity index is 551. The first-order valence-electron chi connectivity index (χ1n) is 5.08. The van der Waals surface area contributed by atoms with E-state index in [0.717, 1.165) is 5.01 Å². The van der Waals surface area contributed by atoms with Crippen LogP contribution in [0.4, 0.5) is 5.69 Å². The normalized spacial score (nSPS) is 10.0. The van der Waals surface area contributed by atoms with Gasteiger partial charge in [0.15, 0.2) is 0 Å². The molecule has 92 valence electrons. The van der Waals surface area contributed by atoms with Crippen LogP contribution >= 0.6 is 11.3 Å². The number of nitro groups is 1. The third-order valence-electron chi connectivity index (χ3n) is 2.22. The zero-order chi connectivity index (χ0) is 13.0. The van der Waals surface area contributed by atoms with Gasteiger partial charge in [-0.1, -0.05) is 0 Å². The number of aromatic nitrogens is 1. The molecule has 0 aliphatic rings. The predicted octanol–water partition coefficient (Wildman–Crippen LogP) is 1.98. The summed E-state index contributed by atoms with van der Waals surface area (Å²) >= 11 is 1.45. The summed E-state index contributed by atoms with van der Waals surface area (Å²) in [4.78, 5) is 25.7. The van der Waals surface area contributed by atoms with Crippen LogP contribution in [-0.2, 0) is 6.54 Å². The van der Waals surface area contributed by atoms with Gasteiger partial charge in [-0.15, -0.1) is 11.3 Å². The molecule has 0 bridgehead atoms. The number of nitrogens with zero attached hydrogens (tertiary/aromatic N) is 2. The van der Waals surface area contributed by atoms with E-state index in [1.54, 1.807) is 6.20 Å². The Hall–Kier alpha value is -2.28. The lowest BCUT2D eigenvalue weighted by Crippen LogP contribution is -2.22. The summed E-state index contributed by atoms with van der Waals surface area (Å²) in [5.74, 6) is -0.278. The van der Waals surface area contributed by atoms with Crippen LogP contribution in [0, 0.1) is 10.1 Å². The van der Waals surface area contributed by atoms with E-state index in [1.807, 2.05) is 5.38 Å². The van der Waals surface area contributed by atoms with E-state index in [4.69, 9.17) is 0 Å². The number of rotatable bonds is 4. The van der Waals surface area contributed by atoms with E-state index in [9.17, 15) is 14.9 Å². The SMILES string of the molecule is O=C(NCc1nccs1)c1ccc([N+](=O)[O-])cc1. The maximum Gasteiger partial charge on any atom is 0.269 e. The molecule has 0 fully saturated rings. The van der Waals surface area contributed by atoms with Crippen molar-refractivity contribution in [1.29, 1.82) is 0 Å². The van der Waals surface area contributed by atoms with Crippen molar-refractivity contribution in [3.05, 3.63) is 56.5 Å². The molecular formula is C11H9N3O3S. The predicted molar refractivity (Wildman–Crippen MR) is 66.4 cm³/mol. The van der Waals surface area contributed by atoms with Gasteiger partial charge >= 0.3 is 0 Å². The van der Waals surface area contributed by atoms with Gasteiger partial charge in [0.1, 0.15) is 5.01 Å². The number of hydrogen-bond donors (Lipinski definition) is 1. The highest BCUT2D eigenvalue weighted by Gasteiger charge is 2.09. The fraction of sp³-hybridized carbons (Fsp3) is 0.0909. The molecular weight excluding hydrogens is 254 g/mol. The van der Waals surface area contributed by atoms with Gasteiger partial charge in [0.05, 0.1) is 11.5 Å². The molecule has 1 heterocycles. The smallest absolute Gasteiger partial charge is 0.269 e. The molecule has 0 radical (unpaired) electrons. The first-order valence-corrected chi connectivity index (χ1v) is 5.96. The topological polar surface area (TPSA) is 85.1 Å². The molecule has 1 aromatic heterocycles. The van der Waals surface area contributed by atoms with E-state index in [0.29, 0.717) is 12.1 Å². The highest BCUT2D eigenvalue weighted by molar-refractivity contribution is 7.09. The summed E-state index contributed by atoms with van der Waals surface area (Å²) in [5, 5.41) is 15.8. The van der Waals surface area contributed by atoms with Crippen molar-refractivity contribution >= 4 is 22.9 Å². The summed E-state index contributed by atoms with van der Waals surface area (Å²) in [5.41, 5.74) is 0.351. The Morgan fingerprint density at radius 3 is 2.67 bits per heavy atom. The number of non-ortho nitro benzene ring substituents is 1. The number of nitrogens with one attached hydrogen (secondary N) is 1. The third-order valence-corrected chi connectivity index (χ3v) is 3.00. The molecule has 2 aromatic rings. The average Bonchev–Trinajstić information content (AvgIpc) is 2.89. The minimum absolute atomic E-state index is 0.0357. The van der Waals surface area contributed by atoms with Crippen LogP contribution in [-0.4, -0.2) is 15.8 Å². The van der Waals surface area contributed by atoms with Crippen LogP contribution in [0.2, 0.25) is 0 Å². The molecule has 0 saturated carbocycles. The number of hydrogen-bond acceptors (Lipinski definition) is 5. The molecule has 0 saturated heterocycles. The Morgan fingerprint density at radius 2 is 2.11 bits per heavy atom. The second kappa shape index (κ2) is 5.37. The van der Waals surface area contributed by atoms with Crippen LogP contribution in [0.15, 0.2) is 35.8 Å². The van der Waals surface area contributed by atoms with Gasteiger partial charge < -0.3 is 5.32 Å². The minimum atomic E-state index is -0.503. The molecule has 2 rings (SSSR count). The van der Waals surface area contributed by atoms with Gasteiger partial charge in [-0.05, 0) is 12.1 Å². The summed E-state index contributed by atoms with van der Waals surface area (Å²) in [7, 11) is 0. The molecule has 0 aliphatic heterocycles. The first kappa shape index (κ1) is 12.2. The number of carbonyl (C=O) groups excluding carboxylic acids is 1. The number of thiazole rings is 1.